The Morgan fingerprint density at radius 2 is 2.43 bits per heavy atom. The summed E-state index contributed by atoms with van der Waals surface area (Å²) in [7, 11) is 0. The van der Waals surface area contributed by atoms with Crippen LogP contribution in [0.5, 0.6) is 0 Å². The topological polar surface area (TPSA) is 38.3 Å². The maximum Gasteiger partial charge on any atom is 0.407 e. The van der Waals surface area contributed by atoms with E-state index in [4.69, 9.17) is 0 Å². The molecule has 0 bridgehead atoms. The van der Waals surface area contributed by atoms with Crippen LogP contribution in [0.3, 0.4) is 0 Å². The Bertz CT molecular complexity index is 67.3. The van der Waals surface area contributed by atoms with Crippen molar-refractivity contribution >= 4 is 14.5 Å². The van der Waals surface area contributed by atoms with Crippen LogP contribution >= 0.6 is 0 Å². The van der Waals surface area contributed by atoms with Crippen LogP contribution in [-0.2, 0) is 4.74 Å². The Kier molecular flexibility index (Phi) is 2.26. The van der Waals surface area contributed by atoms with E-state index in [1.807, 2.05) is 0 Å². The normalized spacial score (nSPS) is 16.9. The van der Waals surface area contributed by atoms with Crippen LogP contribution < -0.4 is 5.32 Å². The highest BCUT2D eigenvalue weighted by molar-refractivity contribution is 5.75. The predicted octanol–water partition coefficient (Wildman–Crippen LogP) is -0.655. The maximum absolute atomic E-state index is 9.91. The van der Waals surface area contributed by atoms with Gasteiger partial charge in [-0.25, -0.2) is 4.79 Å². The average Bonchev–Trinajstić information content (AvgIpc) is 1.86. The number of hydrogen-bond donors (Lipinski definition) is 1. The van der Waals surface area contributed by atoms with Gasteiger partial charge >= 0.3 is 6.09 Å². The molecule has 1 fully saturated rings. The molecule has 0 saturated carbocycles. The number of hydrogen-bond acceptors (Lipinski definition) is 2. The van der Waals surface area contributed by atoms with Crippen LogP contribution in [0, 0.1) is 0 Å². The van der Waals surface area contributed by atoms with Crippen molar-refractivity contribution in [2.75, 3.05) is 13.2 Å². The minimum atomic E-state index is -0.296. The standard InChI is InChI=1S/C3H5NO2.B/c5-3-4-1-2-6-3;/h1-2H2,(H,4,5);. The lowest BCUT2D eigenvalue weighted by molar-refractivity contribution is 0.178. The minimum Gasteiger partial charge on any atom is -0.448 e. The van der Waals surface area contributed by atoms with Crippen molar-refractivity contribution in [1.29, 1.82) is 0 Å². The largest absolute Gasteiger partial charge is 0.448 e. The highest BCUT2D eigenvalue weighted by atomic mass is 16.6. The first-order valence-electron chi connectivity index (χ1n) is 1.80. The first-order valence-corrected chi connectivity index (χ1v) is 1.80. The van der Waals surface area contributed by atoms with Crippen molar-refractivity contribution in [2.24, 2.45) is 0 Å². The molecule has 1 aliphatic heterocycles. The van der Waals surface area contributed by atoms with Gasteiger partial charge in [0.2, 0.25) is 0 Å². The molecule has 0 aromatic heterocycles. The summed E-state index contributed by atoms with van der Waals surface area (Å²) < 4.78 is 4.40. The van der Waals surface area contributed by atoms with Gasteiger partial charge in [-0.15, -0.1) is 0 Å². The first kappa shape index (κ1) is 6.33. The number of carbonyl (C=O) groups excluding carboxylic acids is 1. The Labute approximate surface area is 43.6 Å². The summed E-state index contributed by atoms with van der Waals surface area (Å²) in [5.74, 6) is 0. The Morgan fingerprint density at radius 3 is 2.57 bits per heavy atom. The smallest absolute Gasteiger partial charge is 0.407 e. The molecular weight excluding hydrogens is 92.8 g/mol. The van der Waals surface area contributed by atoms with Crippen molar-refractivity contribution in [3.8, 4) is 0 Å². The number of cyclic esters (lactones) is 1. The third-order valence-electron chi connectivity index (χ3n) is 0.605. The second-order valence-electron chi connectivity index (χ2n) is 1.06. The second kappa shape index (κ2) is 2.50. The fourth-order valence-electron chi connectivity index (χ4n) is 0.348. The molecule has 1 amide bonds. The quantitative estimate of drug-likeness (QED) is 0.408. The zero-order chi connectivity index (χ0) is 4.41. The monoisotopic (exact) mass is 98.0 g/mol. The van der Waals surface area contributed by atoms with Crippen LogP contribution in [0.1, 0.15) is 0 Å². The molecule has 37 valence electrons. The minimum absolute atomic E-state index is 0. The molecule has 0 spiro atoms. The zero-order valence-electron chi connectivity index (χ0n) is 3.81. The molecule has 0 atom stereocenters. The third-order valence-corrected chi connectivity index (χ3v) is 0.605. The lowest BCUT2D eigenvalue weighted by Gasteiger charge is -1.80. The van der Waals surface area contributed by atoms with Gasteiger partial charge in [0.15, 0.2) is 0 Å². The summed E-state index contributed by atoms with van der Waals surface area (Å²) in [5.41, 5.74) is 0. The molecule has 0 aliphatic carbocycles. The molecule has 1 N–H and O–H groups in total. The number of ether oxygens (including phenoxy) is 1. The molecule has 3 radical (unpaired) electrons. The van der Waals surface area contributed by atoms with E-state index >= 15 is 0 Å². The van der Waals surface area contributed by atoms with Gasteiger partial charge in [0.05, 0.1) is 6.54 Å². The van der Waals surface area contributed by atoms with Crippen LogP contribution in [0.2, 0.25) is 0 Å². The molecule has 1 saturated heterocycles. The molecule has 7 heavy (non-hydrogen) atoms. The number of carbonyl (C=O) groups is 1. The van der Waals surface area contributed by atoms with E-state index in [0.717, 1.165) is 0 Å². The van der Waals surface area contributed by atoms with Gasteiger partial charge in [-0.2, -0.15) is 0 Å². The van der Waals surface area contributed by atoms with E-state index in [2.05, 4.69) is 10.1 Å². The Hall–Kier alpha value is -0.665. The Morgan fingerprint density at radius 1 is 1.71 bits per heavy atom. The first-order chi connectivity index (χ1) is 2.89. The van der Waals surface area contributed by atoms with Crippen molar-refractivity contribution in [2.45, 2.75) is 0 Å². The van der Waals surface area contributed by atoms with E-state index < -0.39 is 0 Å². The van der Waals surface area contributed by atoms with Crippen molar-refractivity contribution < 1.29 is 9.53 Å². The number of alkyl carbamates (subject to hydrolysis) is 1. The van der Waals surface area contributed by atoms with Crippen molar-refractivity contribution in [1.82, 2.24) is 5.32 Å². The van der Waals surface area contributed by atoms with E-state index in [1.54, 1.807) is 0 Å². The van der Waals surface area contributed by atoms with Gasteiger partial charge in [0.25, 0.3) is 0 Å². The van der Waals surface area contributed by atoms with Gasteiger partial charge < -0.3 is 10.1 Å². The lowest BCUT2D eigenvalue weighted by atomic mass is 10.7. The average molecular weight is 97.9 g/mol. The molecule has 3 nitrogen and oxygen atoms in total. The summed E-state index contributed by atoms with van der Waals surface area (Å²) in [6, 6.07) is 0. The SMILES string of the molecule is O=C1NCCO1.[B]. The van der Waals surface area contributed by atoms with Gasteiger partial charge in [0, 0.05) is 8.41 Å². The van der Waals surface area contributed by atoms with Crippen LogP contribution in [0.4, 0.5) is 4.79 Å². The van der Waals surface area contributed by atoms with Crippen LogP contribution in [0.15, 0.2) is 0 Å². The van der Waals surface area contributed by atoms with Gasteiger partial charge in [-0.1, -0.05) is 0 Å². The molecule has 0 aromatic carbocycles. The van der Waals surface area contributed by atoms with Gasteiger partial charge in [0.1, 0.15) is 6.61 Å². The van der Waals surface area contributed by atoms with Crippen molar-refractivity contribution in [3.63, 3.8) is 0 Å². The fraction of sp³-hybridized carbons (Fsp3) is 0.667. The molecule has 1 aliphatic rings. The van der Waals surface area contributed by atoms with E-state index in [0.29, 0.717) is 13.2 Å². The molecule has 0 unspecified atom stereocenters. The molecule has 4 heteroatoms. The highest BCUT2D eigenvalue weighted by Gasteiger charge is 2.06. The number of rotatable bonds is 0. The zero-order valence-corrected chi connectivity index (χ0v) is 3.81. The maximum atomic E-state index is 9.91. The molecular formula is C3H5BNO2. The van der Waals surface area contributed by atoms with E-state index in [-0.39, 0.29) is 14.5 Å². The highest BCUT2D eigenvalue weighted by Crippen LogP contribution is 1.82. The van der Waals surface area contributed by atoms with Crippen molar-refractivity contribution in [3.05, 3.63) is 0 Å². The van der Waals surface area contributed by atoms with Crippen LogP contribution in [0.25, 0.3) is 0 Å². The van der Waals surface area contributed by atoms with Gasteiger partial charge in [-0.05, 0) is 0 Å². The molecule has 1 rings (SSSR count). The summed E-state index contributed by atoms with van der Waals surface area (Å²) >= 11 is 0. The lowest BCUT2D eigenvalue weighted by Crippen LogP contribution is -2.11. The predicted molar refractivity (Wildman–Crippen MR) is 25.1 cm³/mol. The number of amides is 1. The second-order valence-corrected chi connectivity index (χ2v) is 1.06. The van der Waals surface area contributed by atoms with E-state index in [1.165, 1.54) is 0 Å². The summed E-state index contributed by atoms with van der Waals surface area (Å²) in [6.45, 7) is 1.19. The summed E-state index contributed by atoms with van der Waals surface area (Å²) in [6.07, 6.45) is -0.296. The van der Waals surface area contributed by atoms with E-state index in [9.17, 15) is 4.79 Å². The summed E-state index contributed by atoms with van der Waals surface area (Å²) in [5, 5.41) is 2.46. The molecule has 1 heterocycles. The molecule has 0 aromatic rings. The summed E-state index contributed by atoms with van der Waals surface area (Å²) in [4.78, 5) is 9.91. The Balaban J connectivity index is 0.000000360. The fourth-order valence-corrected chi connectivity index (χ4v) is 0.348. The third kappa shape index (κ3) is 1.48. The van der Waals surface area contributed by atoms with Gasteiger partial charge in [-0.3, -0.25) is 0 Å². The number of nitrogens with one attached hydrogen (secondary N) is 1. The van der Waals surface area contributed by atoms with Crippen LogP contribution in [-0.4, -0.2) is 27.7 Å².